The lowest BCUT2D eigenvalue weighted by Gasteiger charge is -2.32. The monoisotopic (exact) mass is 683 g/mol. The van der Waals surface area contributed by atoms with Gasteiger partial charge in [-0.25, -0.2) is 9.97 Å². The van der Waals surface area contributed by atoms with Crippen LogP contribution >= 0.6 is 0 Å². The van der Waals surface area contributed by atoms with Crippen LogP contribution < -0.4 is 16.0 Å². The third-order valence-corrected chi connectivity index (χ3v) is 8.71. The summed E-state index contributed by atoms with van der Waals surface area (Å²) in [5.41, 5.74) is 7.71. The van der Waals surface area contributed by atoms with Crippen molar-refractivity contribution in [3.05, 3.63) is 107 Å². The van der Waals surface area contributed by atoms with Crippen molar-refractivity contribution in [1.29, 1.82) is 0 Å². The second kappa shape index (κ2) is 14.8. The summed E-state index contributed by atoms with van der Waals surface area (Å²) in [7, 11) is 2.15. The van der Waals surface area contributed by atoms with Crippen molar-refractivity contribution in [3.63, 3.8) is 0 Å². The van der Waals surface area contributed by atoms with Crippen molar-refractivity contribution in [2.75, 3.05) is 49.2 Å². The lowest BCUT2D eigenvalue weighted by atomic mass is 10.0. The number of oxazole rings is 1. The van der Waals surface area contributed by atoms with E-state index >= 15 is 0 Å². The van der Waals surface area contributed by atoms with E-state index in [1.54, 1.807) is 31.6 Å². The van der Waals surface area contributed by atoms with Gasteiger partial charge in [0, 0.05) is 85.8 Å². The molecule has 1 saturated heterocycles. The van der Waals surface area contributed by atoms with Gasteiger partial charge in [-0.3, -0.25) is 24.8 Å². The molecule has 0 radical (unpaired) electrons. The summed E-state index contributed by atoms with van der Waals surface area (Å²) in [6.07, 6.45) is 6.71. The highest BCUT2D eigenvalue weighted by Crippen LogP contribution is 2.26. The maximum absolute atomic E-state index is 13.1. The van der Waals surface area contributed by atoms with E-state index in [0.717, 1.165) is 49.5 Å². The average molecular weight is 684 g/mol. The smallest absolute Gasteiger partial charge is 0.301 e. The molecule has 0 aliphatic carbocycles. The van der Waals surface area contributed by atoms with Crippen LogP contribution in [0.1, 0.15) is 39.2 Å². The molecule has 51 heavy (non-hydrogen) atoms. The molecule has 0 unspecified atom stereocenters. The second-order valence-corrected chi connectivity index (χ2v) is 12.6. The fourth-order valence-electron chi connectivity index (χ4n) is 5.72. The molecule has 14 heteroatoms. The van der Waals surface area contributed by atoms with Gasteiger partial charge in [-0.1, -0.05) is 18.2 Å². The zero-order valence-electron chi connectivity index (χ0n) is 28.6. The third kappa shape index (κ3) is 8.20. The largest absolute Gasteiger partial charge is 0.432 e. The molecule has 258 valence electrons. The van der Waals surface area contributed by atoms with E-state index in [9.17, 15) is 9.59 Å². The molecule has 5 aromatic rings. The SMILES string of the molecule is Cc1coc(NC(=O)C2=NN=C(c3cncc(-c4ccnc(Nc5cc(NC(=O)c6ccc(CN7CCN(C)CC7)cc6)ccc5C)n4)c3)C2)n1. The van der Waals surface area contributed by atoms with Gasteiger partial charge in [-0.2, -0.15) is 10.1 Å². The standard InChI is InChI=1S/C37H37N11O3/c1-23-4-9-29(41-34(49)26-7-5-25(6-8-26)21-48-14-12-47(3)13-15-48)17-31(23)43-36-39-11-10-30(42-36)27-16-28(20-38-19-27)32-18-33(46-45-32)35(50)44-37-40-24(2)22-51-37/h4-11,16-17,19-20,22H,12-15,18,21H2,1-3H3,(H,41,49)(H,39,42,43)(H,40,44,50). The molecule has 3 N–H and O–H groups in total. The van der Waals surface area contributed by atoms with Crippen molar-refractivity contribution in [2.45, 2.75) is 26.8 Å². The van der Waals surface area contributed by atoms with Crippen LogP contribution in [-0.2, 0) is 11.3 Å². The van der Waals surface area contributed by atoms with Crippen molar-refractivity contribution in [2.24, 2.45) is 10.2 Å². The molecule has 1 fully saturated rings. The Bertz CT molecular complexity index is 2130. The second-order valence-electron chi connectivity index (χ2n) is 12.6. The summed E-state index contributed by atoms with van der Waals surface area (Å²) in [6.45, 7) is 8.84. The highest BCUT2D eigenvalue weighted by atomic mass is 16.4. The lowest BCUT2D eigenvalue weighted by molar-refractivity contribution is -0.110. The van der Waals surface area contributed by atoms with Gasteiger partial charge in [0.1, 0.15) is 12.0 Å². The van der Waals surface area contributed by atoms with E-state index < -0.39 is 5.91 Å². The van der Waals surface area contributed by atoms with Gasteiger partial charge in [0.05, 0.1) is 17.1 Å². The van der Waals surface area contributed by atoms with Crippen molar-refractivity contribution in [3.8, 4) is 11.3 Å². The van der Waals surface area contributed by atoms with Crippen molar-refractivity contribution >= 4 is 46.6 Å². The number of likely N-dealkylation sites (N-methyl/N-ethyl adjacent to an activating group) is 1. The summed E-state index contributed by atoms with van der Waals surface area (Å²) >= 11 is 0. The molecule has 5 heterocycles. The normalized spacial score (nSPS) is 14.9. The van der Waals surface area contributed by atoms with Crippen molar-refractivity contribution < 1.29 is 14.0 Å². The van der Waals surface area contributed by atoms with Gasteiger partial charge in [0.2, 0.25) is 5.95 Å². The number of aromatic nitrogens is 4. The highest BCUT2D eigenvalue weighted by molar-refractivity contribution is 6.47. The zero-order chi connectivity index (χ0) is 35.3. The molecule has 0 atom stereocenters. The Labute approximate surface area is 294 Å². The Morgan fingerprint density at radius 2 is 1.67 bits per heavy atom. The minimum Gasteiger partial charge on any atom is -0.432 e. The minimum absolute atomic E-state index is 0.106. The first kappa shape index (κ1) is 33.4. The number of piperazine rings is 1. The number of nitrogens with zero attached hydrogens (tertiary/aromatic N) is 8. The van der Waals surface area contributed by atoms with Gasteiger partial charge >= 0.3 is 6.01 Å². The molecular formula is C37H37N11O3. The van der Waals surface area contributed by atoms with Crippen LogP contribution in [0, 0.1) is 13.8 Å². The lowest BCUT2D eigenvalue weighted by Crippen LogP contribution is -2.43. The van der Waals surface area contributed by atoms with Crippen LogP contribution in [0.15, 0.2) is 94.1 Å². The molecule has 0 saturated carbocycles. The Hall–Kier alpha value is -6.12. The van der Waals surface area contributed by atoms with Crippen molar-refractivity contribution in [1.82, 2.24) is 29.7 Å². The molecule has 3 aromatic heterocycles. The average Bonchev–Trinajstić information content (AvgIpc) is 3.81. The van der Waals surface area contributed by atoms with Gasteiger partial charge in [0.25, 0.3) is 11.8 Å². The molecule has 2 aromatic carbocycles. The summed E-state index contributed by atoms with van der Waals surface area (Å²) in [4.78, 5) is 48.2. The number of carbonyl (C=O) groups is 2. The number of carbonyl (C=O) groups excluding carboxylic acids is 2. The number of amides is 2. The number of pyridine rings is 1. The van der Waals surface area contributed by atoms with E-state index in [4.69, 9.17) is 9.40 Å². The van der Waals surface area contributed by atoms with Crippen LogP contribution in [0.5, 0.6) is 0 Å². The summed E-state index contributed by atoms with van der Waals surface area (Å²) in [5.74, 6) is -0.241. The molecule has 2 amide bonds. The number of benzene rings is 2. The summed E-state index contributed by atoms with van der Waals surface area (Å²) in [5, 5.41) is 17.2. The molecule has 0 spiro atoms. The van der Waals surface area contributed by atoms with E-state index in [-0.39, 0.29) is 24.1 Å². The summed E-state index contributed by atoms with van der Waals surface area (Å²) < 4.78 is 5.20. The van der Waals surface area contributed by atoms with Gasteiger partial charge in [0.15, 0.2) is 0 Å². The van der Waals surface area contributed by atoms with Crippen LogP contribution in [-0.4, -0.2) is 86.2 Å². The zero-order valence-corrected chi connectivity index (χ0v) is 28.6. The molecule has 0 bridgehead atoms. The Morgan fingerprint density at radius 3 is 2.45 bits per heavy atom. The molecular weight excluding hydrogens is 646 g/mol. The fraction of sp³-hybridized carbons (Fsp3) is 0.243. The number of rotatable bonds is 10. The maximum Gasteiger partial charge on any atom is 0.301 e. The minimum atomic E-state index is -0.434. The number of hydrogen-bond acceptors (Lipinski definition) is 12. The number of nitrogens with one attached hydrogen (secondary N) is 3. The number of hydrogen-bond donors (Lipinski definition) is 3. The first-order valence-corrected chi connectivity index (χ1v) is 16.6. The topological polar surface area (TPSA) is 166 Å². The quantitative estimate of drug-likeness (QED) is 0.181. The van der Waals surface area contributed by atoms with Gasteiger partial charge < -0.3 is 20.0 Å². The predicted octanol–water partition coefficient (Wildman–Crippen LogP) is 5.07. The Morgan fingerprint density at radius 1 is 0.863 bits per heavy atom. The molecule has 14 nitrogen and oxygen atoms in total. The Kier molecular flexibility index (Phi) is 9.67. The summed E-state index contributed by atoms with van der Waals surface area (Å²) in [6, 6.07) is 17.3. The molecule has 2 aliphatic heterocycles. The van der Waals surface area contributed by atoms with E-state index in [1.807, 2.05) is 55.5 Å². The van der Waals surface area contributed by atoms with Crippen LogP contribution in [0.2, 0.25) is 0 Å². The van der Waals surface area contributed by atoms with Crippen LogP contribution in [0.4, 0.5) is 23.3 Å². The molecule has 7 rings (SSSR count). The third-order valence-electron chi connectivity index (χ3n) is 8.71. The predicted molar refractivity (Wildman–Crippen MR) is 195 cm³/mol. The van der Waals surface area contributed by atoms with Gasteiger partial charge in [-0.05, 0) is 68.4 Å². The van der Waals surface area contributed by atoms with E-state index in [0.29, 0.717) is 39.9 Å². The van der Waals surface area contributed by atoms with E-state index in [1.165, 1.54) is 11.8 Å². The first-order valence-electron chi connectivity index (χ1n) is 16.6. The maximum atomic E-state index is 13.1. The highest BCUT2D eigenvalue weighted by Gasteiger charge is 2.23. The van der Waals surface area contributed by atoms with E-state index in [2.05, 4.69) is 58.0 Å². The number of anilines is 4. The van der Waals surface area contributed by atoms with Gasteiger partial charge in [-0.15, -0.1) is 5.10 Å². The molecule has 2 aliphatic rings. The van der Waals surface area contributed by atoms with Crippen LogP contribution in [0.3, 0.4) is 0 Å². The fourth-order valence-corrected chi connectivity index (χ4v) is 5.72. The van der Waals surface area contributed by atoms with Crippen LogP contribution in [0.25, 0.3) is 11.3 Å². The first-order chi connectivity index (χ1) is 24.8. The number of aryl methyl sites for hydroxylation is 2. The Balaban J connectivity index is 0.979.